The topological polar surface area (TPSA) is 72.7 Å². The van der Waals surface area contributed by atoms with Gasteiger partial charge in [0.1, 0.15) is 10.8 Å². The molecule has 1 N–H and O–H groups in total. The molecule has 0 unspecified atom stereocenters. The van der Waals surface area contributed by atoms with E-state index in [-0.39, 0.29) is 18.1 Å². The van der Waals surface area contributed by atoms with Crippen molar-refractivity contribution in [3.63, 3.8) is 0 Å². The number of amides is 1. The average molecular weight is 345 g/mol. The SMILES string of the molecule is Cc1nnc(NC(=O)Cc2c(C)nn(-c3ccc(F)cc3)c2C)s1. The van der Waals surface area contributed by atoms with Crippen molar-refractivity contribution < 1.29 is 9.18 Å². The number of benzene rings is 1. The van der Waals surface area contributed by atoms with Crippen LogP contribution in [0.1, 0.15) is 22.0 Å². The summed E-state index contributed by atoms with van der Waals surface area (Å²) in [6.45, 7) is 5.57. The maximum atomic E-state index is 13.1. The zero-order valence-corrected chi connectivity index (χ0v) is 14.3. The molecule has 3 aromatic rings. The molecule has 0 saturated heterocycles. The van der Waals surface area contributed by atoms with E-state index in [1.54, 1.807) is 16.8 Å². The monoisotopic (exact) mass is 345 g/mol. The lowest BCUT2D eigenvalue weighted by Gasteiger charge is -2.05. The molecule has 24 heavy (non-hydrogen) atoms. The Balaban J connectivity index is 1.81. The van der Waals surface area contributed by atoms with Crippen molar-refractivity contribution in [3.8, 4) is 5.69 Å². The normalized spacial score (nSPS) is 10.8. The van der Waals surface area contributed by atoms with E-state index in [0.717, 1.165) is 27.6 Å². The van der Waals surface area contributed by atoms with Crippen LogP contribution in [0.3, 0.4) is 0 Å². The van der Waals surface area contributed by atoms with Gasteiger partial charge in [-0.25, -0.2) is 9.07 Å². The third kappa shape index (κ3) is 3.33. The van der Waals surface area contributed by atoms with Gasteiger partial charge in [0.05, 0.1) is 17.8 Å². The molecule has 0 aliphatic heterocycles. The van der Waals surface area contributed by atoms with Crippen LogP contribution in [0.25, 0.3) is 5.69 Å². The van der Waals surface area contributed by atoms with Crippen LogP contribution >= 0.6 is 11.3 Å². The summed E-state index contributed by atoms with van der Waals surface area (Å²) >= 11 is 1.33. The van der Waals surface area contributed by atoms with Gasteiger partial charge in [0.15, 0.2) is 0 Å². The number of hydrogen-bond acceptors (Lipinski definition) is 5. The number of aromatic nitrogens is 4. The summed E-state index contributed by atoms with van der Waals surface area (Å²) in [5.74, 6) is -0.469. The van der Waals surface area contributed by atoms with Gasteiger partial charge in [-0.2, -0.15) is 5.10 Å². The molecule has 0 aliphatic carbocycles. The van der Waals surface area contributed by atoms with Crippen LogP contribution in [0, 0.1) is 26.6 Å². The lowest BCUT2D eigenvalue weighted by Crippen LogP contribution is -2.15. The van der Waals surface area contributed by atoms with Gasteiger partial charge in [0.25, 0.3) is 0 Å². The first-order chi connectivity index (χ1) is 11.4. The predicted molar refractivity (Wildman–Crippen MR) is 90.0 cm³/mol. The Bertz CT molecular complexity index is 885. The smallest absolute Gasteiger partial charge is 0.230 e. The van der Waals surface area contributed by atoms with Crippen molar-refractivity contribution in [2.75, 3.05) is 5.32 Å². The second-order valence-electron chi connectivity index (χ2n) is 5.39. The largest absolute Gasteiger partial charge is 0.300 e. The molecule has 3 rings (SSSR count). The molecule has 1 amide bonds. The molecule has 6 nitrogen and oxygen atoms in total. The lowest BCUT2D eigenvalue weighted by molar-refractivity contribution is -0.115. The molecular formula is C16H16FN5OS. The maximum absolute atomic E-state index is 13.1. The third-order valence-corrected chi connectivity index (χ3v) is 4.38. The average Bonchev–Trinajstić information content (AvgIpc) is 3.06. The fraction of sp³-hybridized carbons (Fsp3) is 0.250. The summed E-state index contributed by atoms with van der Waals surface area (Å²) in [6.07, 6.45) is 0.192. The van der Waals surface area contributed by atoms with E-state index in [1.165, 1.54) is 23.5 Å². The number of nitrogens with one attached hydrogen (secondary N) is 1. The zero-order valence-electron chi connectivity index (χ0n) is 13.5. The van der Waals surface area contributed by atoms with E-state index in [2.05, 4.69) is 20.6 Å². The van der Waals surface area contributed by atoms with Gasteiger partial charge < -0.3 is 5.32 Å². The fourth-order valence-corrected chi connectivity index (χ4v) is 3.04. The molecule has 0 fully saturated rings. The van der Waals surface area contributed by atoms with E-state index in [9.17, 15) is 9.18 Å². The van der Waals surface area contributed by atoms with Gasteiger partial charge >= 0.3 is 0 Å². The Hall–Kier alpha value is -2.61. The number of anilines is 1. The summed E-state index contributed by atoms with van der Waals surface area (Å²) in [7, 11) is 0. The van der Waals surface area contributed by atoms with Gasteiger partial charge in [-0.05, 0) is 45.0 Å². The van der Waals surface area contributed by atoms with Crippen LogP contribution in [-0.4, -0.2) is 25.9 Å². The molecule has 1 aromatic carbocycles. The molecule has 0 aliphatic rings. The van der Waals surface area contributed by atoms with E-state index in [4.69, 9.17) is 0 Å². The Morgan fingerprint density at radius 1 is 1.21 bits per heavy atom. The standard InChI is InChI=1S/C16H16FN5OS/c1-9-14(8-15(23)18-16-20-19-11(3)24-16)10(2)22(21-9)13-6-4-12(17)5-7-13/h4-7H,8H2,1-3H3,(H,18,20,23). The molecule has 124 valence electrons. The van der Waals surface area contributed by atoms with E-state index >= 15 is 0 Å². The molecule has 0 atom stereocenters. The van der Waals surface area contributed by atoms with E-state index in [1.807, 2.05) is 20.8 Å². The summed E-state index contributed by atoms with van der Waals surface area (Å²) in [4.78, 5) is 12.2. The number of hydrogen-bond donors (Lipinski definition) is 1. The highest BCUT2D eigenvalue weighted by molar-refractivity contribution is 7.15. The second-order valence-corrected chi connectivity index (χ2v) is 6.57. The number of rotatable bonds is 4. The Morgan fingerprint density at radius 2 is 1.92 bits per heavy atom. The Labute approximate surface area is 142 Å². The van der Waals surface area contributed by atoms with Crippen LogP contribution in [-0.2, 0) is 11.2 Å². The number of nitrogens with zero attached hydrogens (tertiary/aromatic N) is 4. The molecule has 8 heteroatoms. The fourth-order valence-electron chi connectivity index (χ4n) is 2.44. The highest BCUT2D eigenvalue weighted by atomic mass is 32.1. The van der Waals surface area contributed by atoms with Crippen molar-refractivity contribution in [3.05, 3.63) is 52.0 Å². The van der Waals surface area contributed by atoms with Crippen LogP contribution in [0.5, 0.6) is 0 Å². The van der Waals surface area contributed by atoms with Crippen molar-refractivity contribution >= 4 is 22.4 Å². The molecule has 0 bridgehead atoms. The van der Waals surface area contributed by atoms with Gasteiger partial charge in [-0.1, -0.05) is 11.3 Å². The molecule has 2 heterocycles. The summed E-state index contributed by atoms with van der Waals surface area (Å²) in [5, 5.41) is 16.2. The highest BCUT2D eigenvalue weighted by Gasteiger charge is 2.17. The number of halogens is 1. The second kappa shape index (κ2) is 6.48. The van der Waals surface area contributed by atoms with Gasteiger partial charge in [0.2, 0.25) is 11.0 Å². The summed E-state index contributed by atoms with van der Waals surface area (Å²) in [5.41, 5.74) is 3.21. The first kappa shape index (κ1) is 16.3. The van der Waals surface area contributed by atoms with Gasteiger partial charge in [0, 0.05) is 11.3 Å². The van der Waals surface area contributed by atoms with Crippen molar-refractivity contribution in [1.29, 1.82) is 0 Å². The molecular weight excluding hydrogens is 329 g/mol. The van der Waals surface area contributed by atoms with E-state index < -0.39 is 0 Å². The zero-order chi connectivity index (χ0) is 17.3. The molecule has 0 spiro atoms. The van der Waals surface area contributed by atoms with Crippen LogP contribution < -0.4 is 5.32 Å². The minimum atomic E-state index is -0.299. The lowest BCUT2D eigenvalue weighted by atomic mass is 10.1. The van der Waals surface area contributed by atoms with Crippen molar-refractivity contribution in [2.24, 2.45) is 0 Å². The highest BCUT2D eigenvalue weighted by Crippen LogP contribution is 2.20. The number of carbonyl (C=O) groups excluding carboxylic acids is 1. The quantitative estimate of drug-likeness (QED) is 0.789. The first-order valence-electron chi connectivity index (χ1n) is 7.35. The summed E-state index contributed by atoms with van der Waals surface area (Å²) < 4.78 is 14.8. The molecule has 2 aromatic heterocycles. The van der Waals surface area contributed by atoms with Crippen LogP contribution in [0.4, 0.5) is 9.52 Å². The minimum Gasteiger partial charge on any atom is -0.300 e. The van der Waals surface area contributed by atoms with E-state index in [0.29, 0.717) is 5.13 Å². The predicted octanol–water partition coefficient (Wildman–Crippen LogP) is 2.97. The Kier molecular flexibility index (Phi) is 4.39. The Morgan fingerprint density at radius 3 is 2.54 bits per heavy atom. The molecule has 0 radical (unpaired) electrons. The maximum Gasteiger partial charge on any atom is 0.230 e. The van der Waals surface area contributed by atoms with Crippen LogP contribution in [0.15, 0.2) is 24.3 Å². The number of carbonyl (C=O) groups is 1. The van der Waals surface area contributed by atoms with Gasteiger partial charge in [-0.15, -0.1) is 10.2 Å². The first-order valence-corrected chi connectivity index (χ1v) is 8.16. The van der Waals surface area contributed by atoms with Gasteiger partial charge in [-0.3, -0.25) is 4.79 Å². The van der Waals surface area contributed by atoms with Crippen LogP contribution in [0.2, 0.25) is 0 Å². The van der Waals surface area contributed by atoms with Crippen molar-refractivity contribution in [2.45, 2.75) is 27.2 Å². The number of aryl methyl sites for hydroxylation is 2. The third-order valence-electron chi connectivity index (χ3n) is 3.62. The minimum absolute atomic E-state index is 0.170. The van der Waals surface area contributed by atoms with Crippen molar-refractivity contribution in [1.82, 2.24) is 20.0 Å². The summed E-state index contributed by atoms with van der Waals surface area (Å²) in [6, 6.07) is 6.08. The molecule has 0 saturated carbocycles.